The maximum Gasteiger partial charge on any atom is 0.387 e. The number of hydrogen-bond acceptors (Lipinski definition) is 2. The average Bonchev–Trinajstić information content (AvgIpc) is 2.37. The number of ether oxygens (including phenoxy) is 1. The van der Waals surface area contributed by atoms with Crippen LogP contribution in [-0.4, -0.2) is 17.7 Å². The van der Waals surface area contributed by atoms with E-state index in [-0.39, 0.29) is 11.3 Å². The molecule has 1 N–H and O–H groups in total. The van der Waals surface area contributed by atoms with Crippen LogP contribution in [0.5, 0.6) is 5.75 Å². The molecule has 0 amide bonds. The predicted octanol–water partition coefficient (Wildman–Crippen LogP) is 4.31. The van der Waals surface area contributed by atoms with Gasteiger partial charge in [0.15, 0.2) is 0 Å². The summed E-state index contributed by atoms with van der Waals surface area (Å²) in [6.45, 7) is -3.04. The molecule has 2 aromatic rings. The molecule has 0 bridgehead atoms. The molecule has 2 rings (SSSR count). The first-order chi connectivity index (χ1) is 9.47. The first-order valence-electron chi connectivity index (χ1n) is 5.55. The molecule has 0 aromatic heterocycles. The zero-order valence-electron chi connectivity index (χ0n) is 10.0. The zero-order chi connectivity index (χ0) is 14.7. The van der Waals surface area contributed by atoms with Gasteiger partial charge in [0.25, 0.3) is 0 Å². The third kappa shape index (κ3) is 3.24. The van der Waals surface area contributed by atoms with E-state index in [9.17, 15) is 13.6 Å². The molecule has 0 unspecified atom stereocenters. The third-order valence-corrected chi connectivity index (χ3v) is 2.82. The van der Waals surface area contributed by atoms with Crippen molar-refractivity contribution in [3.8, 4) is 16.9 Å². The van der Waals surface area contributed by atoms with Crippen LogP contribution in [0, 0.1) is 0 Å². The summed E-state index contributed by atoms with van der Waals surface area (Å²) in [6.07, 6.45) is 0. The number of rotatable bonds is 4. The van der Waals surface area contributed by atoms with Gasteiger partial charge >= 0.3 is 12.6 Å². The lowest BCUT2D eigenvalue weighted by Crippen LogP contribution is -2.05. The van der Waals surface area contributed by atoms with Crippen molar-refractivity contribution >= 4 is 17.6 Å². The van der Waals surface area contributed by atoms with Gasteiger partial charge in [-0.1, -0.05) is 23.7 Å². The first kappa shape index (κ1) is 14.3. The topological polar surface area (TPSA) is 46.5 Å². The highest BCUT2D eigenvalue weighted by atomic mass is 35.5. The third-order valence-electron chi connectivity index (χ3n) is 2.58. The van der Waals surface area contributed by atoms with Gasteiger partial charge in [-0.2, -0.15) is 8.78 Å². The first-order valence-corrected chi connectivity index (χ1v) is 5.93. The maximum absolute atomic E-state index is 12.4. The van der Waals surface area contributed by atoms with Crippen LogP contribution in [0.1, 0.15) is 10.4 Å². The molecule has 0 aliphatic carbocycles. The van der Waals surface area contributed by atoms with Gasteiger partial charge in [-0.05, 0) is 35.9 Å². The Bertz CT molecular complexity index is 644. The average molecular weight is 299 g/mol. The lowest BCUT2D eigenvalue weighted by molar-refractivity contribution is -0.0495. The Morgan fingerprint density at radius 3 is 2.55 bits per heavy atom. The second-order valence-corrected chi connectivity index (χ2v) is 4.34. The van der Waals surface area contributed by atoms with E-state index in [1.165, 1.54) is 12.1 Å². The van der Waals surface area contributed by atoms with E-state index in [1.54, 1.807) is 24.3 Å². The van der Waals surface area contributed by atoms with Gasteiger partial charge < -0.3 is 9.84 Å². The number of carboxylic acids is 1. The molecule has 0 atom stereocenters. The van der Waals surface area contributed by atoms with Crippen molar-refractivity contribution in [2.45, 2.75) is 6.61 Å². The van der Waals surface area contributed by atoms with Crippen LogP contribution in [-0.2, 0) is 0 Å². The highest BCUT2D eigenvalue weighted by molar-refractivity contribution is 6.30. The minimum absolute atomic E-state index is 0.133. The number of carbonyl (C=O) groups is 1. The summed E-state index contributed by atoms with van der Waals surface area (Å²) in [6, 6.07) is 10.3. The summed E-state index contributed by atoms with van der Waals surface area (Å²) < 4.78 is 29.3. The van der Waals surface area contributed by atoms with Gasteiger partial charge in [0, 0.05) is 10.6 Å². The fourth-order valence-electron chi connectivity index (χ4n) is 1.74. The molecule has 0 aliphatic rings. The lowest BCUT2D eigenvalue weighted by Gasteiger charge is -2.12. The second kappa shape index (κ2) is 5.88. The Morgan fingerprint density at radius 1 is 1.20 bits per heavy atom. The number of halogens is 3. The molecule has 0 spiro atoms. The largest absolute Gasteiger partial charge is 0.478 e. The van der Waals surface area contributed by atoms with Crippen LogP contribution < -0.4 is 4.74 Å². The van der Waals surface area contributed by atoms with E-state index in [1.807, 2.05) is 0 Å². The van der Waals surface area contributed by atoms with Crippen LogP contribution in [0.25, 0.3) is 11.1 Å². The van der Waals surface area contributed by atoms with Crippen LogP contribution in [0.15, 0.2) is 42.5 Å². The minimum Gasteiger partial charge on any atom is -0.478 e. The molecule has 0 fully saturated rings. The quantitative estimate of drug-likeness (QED) is 0.915. The maximum atomic E-state index is 12.4. The molecule has 104 valence electrons. The van der Waals surface area contributed by atoms with Crippen molar-refractivity contribution in [3.05, 3.63) is 53.1 Å². The lowest BCUT2D eigenvalue weighted by atomic mass is 10.0. The molecule has 0 aliphatic heterocycles. The Hall–Kier alpha value is -2.14. The fourth-order valence-corrected chi connectivity index (χ4v) is 1.93. The Kier molecular flexibility index (Phi) is 4.20. The Balaban J connectivity index is 2.53. The van der Waals surface area contributed by atoms with E-state index < -0.39 is 12.6 Å². The van der Waals surface area contributed by atoms with Gasteiger partial charge in [0.2, 0.25) is 0 Å². The molecule has 0 saturated heterocycles. The van der Waals surface area contributed by atoms with Gasteiger partial charge in [0.05, 0.1) is 5.56 Å². The molecule has 0 radical (unpaired) electrons. The summed E-state index contributed by atoms with van der Waals surface area (Å²) in [7, 11) is 0. The van der Waals surface area contributed by atoms with Crippen molar-refractivity contribution in [1.29, 1.82) is 0 Å². The number of aromatic carboxylic acids is 1. The summed E-state index contributed by atoms with van der Waals surface area (Å²) in [5.41, 5.74) is 0.773. The molecular formula is C14H9ClF2O3. The zero-order valence-corrected chi connectivity index (χ0v) is 10.8. The predicted molar refractivity (Wildman–Crippen MR) is 70.5 cm³/mol. The van der Waals surface area contributed by atoms with Crippen LogP contribution in [0.3, 0.4) is 0 Å². The van der Waals surface area contributed by atoms with Crippen molar-refractivity contribution in [2.75, 3.05) is 0 Å². The molecule has 20 heavy (non-hydrogen) atoms. The van der Waals surface area contributed by atoms with E-state index in [2.05, 4.69) is 4.74 Å². The standard InChI is InChI=1S/C14H9ClF2O3/c15-10-3-1-2-8(6-10)11-5-4-9(13(18)19)7-12(11)20-14(16)17/h1-7,14H,(H,18,19). The fraction of sp³-hybridized carbons (Fsp3) is 0.0714. The van der Waals surface area contributed by atoms with Crippen LogP contribution in [0.4, 0.5) is 8.78 Å². The normalized spacial score (nSPS) is 10.6. The molecule has 3 nitrogen and oxygen atoms in total. The number of carboxylic acid groups (broad SMARTS) is 1. The molecule has 2 aromatic carbocycles. The van der Waals surface area contributed by atoms with Crippen molar-refractivity contribution in [1.82, 2.24) is 0 Å². The summed E-state index contributed by atoms with van der Waals surface area (Å²) >= 11 is 5.85. The van der Waals surface area contributed by atoms with Gasteiger partial charge in [-0.15, -0.1) is 0 Å². The Morgan fingerprint density at radius 2 is 1.95 bits per heavy atom. The number of benzene rings is 2. The van der Waals surface area contributed by atoms with E-state index in [0.717, 1.165) is 6.07 Å². The minimum atomic E-state index is -3.04. The smallest absolute Gasteiger partial charge is 0.387 e. The van der Waals surface area contributed by atoms with Gasteiger partial charge in [0.1, 0.15) is 5.75 Å². The molecular weight excluding hydrogens is 290 g/mol. The van der Waals surface area contributed by atoms with Crippen molar-refractivity contribution in [3.63, 3.8) is 0 Å². The van der Waals surface area contributed by atoms with E-state index in [4.69, 9.17) is 16.7 Å². The number of alkyl halides is 2. The van der Waals surface area contributed by atoms with E-state index >= 15 is 0 Å². The Labute approximate surface area is 118 Å². The summed E-state index contributed by atoms with van der Waals surface area (Å²) in [5.74, 6) is -1.43. The SMILES string of the molecule is O=C(O)c1ccc(-c2cccc(Cl)c2)c(OC(F)F)c1. The summed E-state index contributed by atoms with van der Waals surface area (Å²) in [5, 5.41) is 9.32. The molecule has 6 heteroatoms. The van der Waals surface area contributed by atoms with Crippen LogP contribution in [0.2, 0.25) is 5.02 Å². The highest BCUT2D eigenvalue weighted by Crippen LogP contribution is 2.33. The number of hydrogen-bond donors (Lipinski definition) is 1. The van der Waals surface area contributed by atoms with Gasteiger partial charge in [-0.25, -0.2) is 4.79 Å². The summed E-state index contributed by atoms with van der Waals surface area (Å²) in [4.78, 5) is 10.9. The molecule has 0 heterocycles. The van der Waals surface area contributed by atoms with Crippen LogP contribution >= 0.6 is 11.6 Å². The van der Waals surface area contributed by atoms with Crippen molar-refractivity contribution < 1.29 is 23.4 Å². The van der Waals surface area contributed by atoms with E-state index in [0.29, 0.717) is 16.1 Å². The van der Waals surface area contributed by atoms with Gasteiger partial charge in [-0.3, -0.25) is 0 Å². The second-order valence-electron chi connectivity index (χ2n) is 3.90. The highest BCUT2D eigenvalue weighted by Gasteiger charge is 2.14. The van der Waals surface area contributed by atoms with Crippen molar-refractivity contribution in [2.24, 2.45) is 0 Å². The monoisotopic (exact) mass is 298 g/mol. The molecule has 0 saturated carbocycles.